The molecule has 0 unspecified atom stereocenters. The number of nitro groups is 1. The van der Waals surface area contributed by atoms with Crippen LogP contribution in [0, 0.1) is 10.1 Å². The van der Waals surface area contributed by atoms with Crippen molar-refractivity contribution >= 4 is 49.9 Å². The number of amides is 1. The third-order valence-corrected chi connectivity index (χ3v) is 7.15. The Morgan fingerprint density at radius 1 is 1.06 bits per heavy atom. The van der Waals surface area contributed by atoms with Crippen molar-refractivity contribution in [3.05, 3.63) is 45.0 Å². The summed E-state index contributed by atoms with van der Waals surface area (Å²) in [6.07, 6.45) is 0. The van der Waals surface area contributed by atoms with Crippen LogP contribution in [-0.4, -0.2) is 68.2 Å². The van der Waals surface area contributed by atoms with Crippen LogP contribution in [0.4, 0.5) is 10.8 Å². The molecule has 1 heterocycles. The second kappa shape index (κ2) is 11.5. The van der Waals surface area contributed by atoms with E-state index in [-0.39, 0.29) is 23.6 Å². The summed E-state index contributed by atoms with van der Waals surface area (Å²) in [7, 11) is 4.30. The lowest BCUT2D eigenvalue weighted by Gasteiger charge is -2.25. The van der Waals surface area contributed by atoms with E-state index in [1.54, 1.807) is 12.1 Å². The summed E-state index contributed by atoms with van der Waals surface area (Å²) in [5.41, 5.74) is -0.0100. The summed E-state index contributed by atoms with van der Waals surface area (Å²) in [4.78, 5) is 33.3. The van der Waals surface area contributed by atoms with E-state index in [4.69, 9.17) is 25.8 Å². The summed E-state index contributed by atoms with van der Waals surface area (Å²) in [6, 6.07) is 5.92. The molecule has 0 saturated heterocycles. The number of hydrogen-bond acceptors (Lipinski definition) is 9. The number of anilines is 1. The molecule has 0 fully saturated rings. The smallest absolute Gasteiger partial charge is 0.286 e. The van der Waals surface area contributed by atoms with Gasteiger partial charge in [-0.3, -0.25) is 19.8 Å². The molecular weight excluding hydrogens is 496 g/mol. The third-order valence-electron chi connectivity index (χ3n) is 5.61. The topological polar surface area (TPSA) is 107 Å². The Bertz CT molecular complexity index is 1230. The van der Waals surface area contributed by atoms with Gasteiger partial charge in [-0.15, -0.1) is 0 Å². The number of fused-ring (bicyclic) bond motifs is 1. The zero-order valence-electron chi connectivity index (χ0n) is 20.2. The zero-order valence-corrected chi connectivity index (χ0v) is 21.7. The number of benzene rings is 2. The van der Waals surface area contributed by atoms with Crippen LogP contribution in [-0.2, 0) is 0 Å². The fourth-order valence-corrected chi connectivity index (χ4v) is 4.90. The Morgan fingerprint density at radius 3 is 2.26 bits per heavy atom. The van der Waals surface area contributed by atoms with Crippen LogP contribution in [0.2, 0.25) is 5.02 Å². The normalized spacial score (nSPS) is 11.1. The molecule has 0 N–H and O–H groups in total. The fraction of sp³-hybridized carbons (Fsp3) is 0.391. The van der Waals surface area contributed by atoms with Gasteiger partial charge in [0.05, 0.1) is 42.0 Å². The lowest BCUT2D eigenvalue weighted by Crippen LogP contribution is -2.39. The van der Waals surface area contributed by atoms with E-state index in [2.05, 4.69) is 9.88 Å². The summed E-state index contributed by atoms with van der Waals surface area (Å²) in [5, 5.41) is 12.7. The second-order valence-corrected chi connectivity index (χ2v) is 8.77. The van der Waals surface area contributed by atoms with Crippen LogP contribution in [0.25, 0.3) is 10.2 Å². The molecule has 0 aliphatic carbocycles. The number of methoxy groups -OCH3 is 3. The molecule has 0 aliphatic heterocycles. The number of rotatable bonds is 11. The molecule has 0 aliphatic rings. The van der Waals surface area contributed by atoms with E-state index in [0.29, 0.717) is 32.7 Å². The first-order valence-corrected chi connectivity index (χ1v) is 12.1. The summed E-state index contributed by atoms with van der Waals surface area (Å²) in [5.74, 6) is 0.292. The Kier molecular flexibility index (Phi) is 8.71. The van der Waals surface area contributed by atoms with Crippen LogP contribution in [0.1, 0.15) is 24.2 Å². The first-order valence-electron chi connectivity index (χ1n) is 10.9. The molecule has 0 bridgehead atoms. The molecule has 2 aromatic carbocycles. The van der Waals surface area contributed by atoms with Crippen molar-refractivity contribution < 1.29 is 23.9 Å². The van der Waals surface area contributed by atoms with E-state index < -0.39 is 16.5 Å². The van der Waals surface area contributed by atoms with Gasteiger partial charge in [0.25, 0.3) is 11.6 Å². The van der Waals surface area contributed by atoms with Gasteiger partial charge in [-0.1, -0.05) is 36.8 Å². The predicted molar refractivity (Wildman–Crippen MR) is 137 cm³/mol. The minimum atomic E-state index is -0.615. The minimum Gasteiger partial charge on any atom is -0.494 e. The highest BCUT2D eigenvalue weighted by molar-refractivity contribution is 7.23. The van der Waals surface area contributed by atoms with Gasteiger partial charge in [0, 0.05) is 19.2 Å². The largest absolute Gasteiger partial charge is 0.494 e. The number of carbonyl (C=O) groups excluding carboxylic acids is 1. The lowest BCUT2D eigenvalue weighted by molar-refractivity contribution is -0.385. The summed E-state index contributed by atoms with van der Waals surface area (Å²) >= 11 is 7.62. The highest BCUT2D eigenvalue weighted by Crippen LogP contribution is 2.40. The van der Waals surface area contributed by atoms with Crippen LogP contribution >= 0.6 is 22.9 Å². The number of likely N-dealkylation sites (N-methyl/N-ethyl adjacent to an activating group) is 1. The second-order valence-electron chi connectivity index (χ2n) is 7.39. The number of ether oxygens (including phenoxy) is 3. The van der Waals surface area contributed by atoms with E-state index >= 15 is 0 Å². The van der Waals surface area contributed by atoms with E-state index in [0.717, 1.165) is 13.1 Å². The van der Waals surface area contributed by atoms with Gasteiger partial charge in [0.1, 0.15) is 16.8 Å². The van der Waals surface area contributed by atoms with Gasteiger partial charge in [-0.2, -0.15) is 0 Å². The van der Waals surface area contributed by atoms with Crippen molar-refractivity contribution in [2.45, 2.75) is 13.8 Å². The zero-order chi connectivity index (χ0) is 25.7. The first kappa shape index (κ1) is 26.5. The standard InChI is InChI=1S/C23H27ClN4O6S/c1-6-26(7-2)10-11-27(23-25-20-17(32-3)9-8-15(24)21(20)35-23)22(29)14-12-18(33-4)19(34-5)13-16(14)28(30)31/h8-9,12-13H,6-7,10-11H2,1-5H3. The van der Waals surface area contributed by atoms with Gasteiger partial charge < -0.3 is 19.1 Å². The molecule has 1 amide bonds. The molecule has 0 atom stereocenters. The maximum Gasteiger partial charge on any atom is 0.286 e. The number of carbonyl (C=O) groups is 1. The molecule has 12 heteroatoms. The minimum absolute atomic E-state index is 0.135. The Hall–Kier alpha value is -3.15. The number of aromatic nitrogens is 1. The number of nitro benzene ring substituents is 1. The lowest BCUT2D eigenvalue weighted by atomic mass is 10.1. The summed E-state index contributed by atoms with van der Waals surface area (Å²) in [6.45, 7) is 6.42. The van der Waals surface area contributed by atoms with Crippen LogP contribution in [0.15, 0.2) is 24.3 Å². The highest BCUT2D eigenvalue weighted by Gasteiger charge is 2.31. The molecule has 35 heavy (non-hydrogen) atoms. The number of thiazole rings is 1. The number of nitrogens with zero attached hydrogens (tertiary/aromatic N) is 4. The van der Waals surface area contributed by atoms with E-state index in [9.17, 15) is 14.9 Å². The van der Waals surface area contributed by atoms with Gasteiger partial charge in [-0.25, -0.2) is 4.98 Å². The average Bonchev–Trinajstić information content (AvgIpc) is 3.31. The summed E-state index contributed by atoms with van der Waals surface area (Å²) < 4.78 is 16.6. The van der Waals surface area contributed by atoms with Crippen molar-refractivity contribution in [2.24, 2.45) is 0 Å². The quantitative estimate of drug-likeness (QED) is 0.259. The molecule has 3 aromatic rings. The SMILES string of the molecule is CCN(CC)CCN(C(=O)c1cc(OC)c(OC)cc1[N+](=O)[O-])c1nc2c(OC)ccc(Cl)c2s1. The van der Waals surface area contributed by atoms with Crippen molar-refractivity contribution in [3.63, 3.8) is 0 Å². The van der Waals surface area contributed by atoms with Crippen LogP contribution < -0.4 is 19.1 Å². The van der Waals surface area contributed by atoms with Crippen molar-refractivity contribution in [3.8, 4) is 17.2 Å². The first-order chi connectivity index (χ1) is 16.8. The van der Waals surface area contributed by atoms with Crippen molar-refractivity contribution in [1.29, 1.82) is 0 Å². The van der Waals surface area contributed by atoms with Crippen LogP contribution in [0.5, 0.6) is 17.2 Å². The average molecular weight is 523 g/mol. The van der Waals surface area contributed by atoms with Crippen molar-refractivity contribution in [2.75, 3.05) is 52.4 Å². The maximum absolute atomic E-state index is 13.9. The van der Waals surface area contributed by atoms with E-state index in [1.165, 1.54) is 49.7 Å². The van der Waals surface area contributed by atoms with Crippen LogP contribution in [0.3, 0.4) is 0 Å². The molecule has 0 radical (unpaired) electrons. The van der Waals surface area contributed by atoms with E-state index in [1.807, 2.05) is 13.8 Å². The molecule has 3 rings (SSSR count). The molecule has 1 aromatic heterocycles. The molecule has 0 spiro atoms. The van der Waals surface area contributed by atoms with Gasteiger partial charge >= 0.3 is 0 Å². The Morgan fingerprint density at radius 2 is 1.69 bits per heavy atom. The predicted octanol–water partition coefficient (Wildman–Crippen LogP) is 4.87. The Labute approximate surface area is 212 Å². The van der Waals surface area contributed by atoms with Crippen molar-refractivity contribution in [1.82, 2.24) is 9.88 Å². The van der Waals surface area contributed by atoms with Gasteiger partial charge in [0.2, 0.25) is 0 Å². The molecule has 0 saturated carbocycles. The Balaban J connectivity index is 2.17. The van der Waals surface area contributed by atoms with Gasteiger partial charge in [-0.05, 0) is 25.2 Å². The molecule has 188 valence electrons. The number of halogens is 1. The highest BCUT2D eigenvalue weighted by atomic mass is 35.5. The molecule has 10 nitrogen and oxygen atoms in total. The third kappa shape index (κ3) is 5.42. The van der Waals surface area contributed by atoms with Gasteiger partial charge in [0.15, 0.2) is 16.6 Å². The number of hydrogen-bond donors (Lipinski definition) is 0. The fourth-order valence-electron chi connectivity index (χ4n) is 3.62. The maximum atomic E-state index is 13.9. The monoisotopic (exact) mass is 522 g/mol. The molecular formula is C23H27ClN4O6S.